The van der Waals surface area contributed by atoms with Crippen molar-refractivity contribution < 1.29 is 32.5 Å². The Morgan fingerprint density at radius 3 is 2.75 bits per heavy atom. The van der Waals surface area contributed by atoms with Crippen molar-refractivity contribution in [2.24, 2.45) is 0 Å². The molecule has 2 aliphatic heterocycles. The number of halogens is 3. The smallest absolute Gasteiger partial charge is 0.475 e. The number of pyridine rings is 1. The Morgan fingerprint density at radius 2 is 2.14 bits per heavy atom. The minimum Gasteiger partial charge on any atom is -0.475 e. The fourth-order valence-corrected chi connectivity index (χ4v) is 3.39. The van der Waals surface area contributed by atoms with E-state index in [9.17, 15) is 13.2 Å². The molecule has 0 spiro atoms. The second-order valence-corrected chi connectivity index (χ2v) is 6.65. The highest BCUT2D eigenvalue weighted by Gasteiger charge is 2.40. The molecule has 0 aromatic carbocycles. The van der Waals surface area contributed by atoms with Crippen LogP contribution in [0.15, 0.2) is 37.1 Å². The molecule has 0 amide bonds. The summed E-state index contributed by atoms with van der Waals surface area (Å²) in [7, 11) is 0. The molecule has 2 aliphatic rings. The van der Waals surface area contributed by atoms with Crippen molar-refractivity contribution in [3.8, 4) is 0 Å². The molecule has 6 nitrogen and oxygen atoms in total. The summed E-state index contributed by atoms with van der Waals surface area (Å²) in [6.45, 7) is 7.01. The van der Waals surface area contributed by atoms with Crippen molar-refractivity contribution in [1.82, 2.24) is 9.88 Å². The number of fused-ring (bicyclic) bond motifs is 1. The predicted octanol–water partition coefficient (Wildman–Crippen LogP) is 3.04. The third-order valence-corrected chi connectivity index (χ3v) is 4.62. The Kier molecular flexibility index (Phi) is 8.40. The Labute approximate surface area is 162 Å². The van der Waals surface area contributed by atoms with E-state index in [2.05, 4.69) is 28.6 Å². The third-order valence-electron chi connectivity index (χ3n) is 4.62. The summed E-state index contributed by atoms with van der Waals surface area (Å²) < 4.78 is 43.5. The maximum Gasteiger partial charge on any atom is 0.490 e. The Hall–Kier alpha value is -1.97. The summed E-state index contributed by atoms with van der Waals surface area (Å²) in [5.74, 6) is -2.76. The number of likely N-dealkylation sites (tertiary alicyclic amines) is 1. The molecule has 3 heterocycles. The summed E-state index contributed by atoms with van der Waals surface area (Å²) in [5.41, 5.74) is 1.15. The van der Waals surface area contributed by atoms with Crippen molar-refractivity contribution in [3.05, 3.63) is 42.7 Å². The maximum absolute atomic E-state index is 10.6. The molecule has 28 heavy (non-hydrogen) atoms. The van der Waals surface area contributed by atoms with Crippen LogP contribution in [0, 0.1) is 0 Å². The zero-order chi connectivity index (χ0) is 20.6. The lowest BCUT2D eigenvalue weighted by Crippen LogP contribution is -2.43. The zero-order valence-electron chi connectivity index (χ0n) is 15.5. The van der Waals surface area contributed by atoms with Gasteiger partial charge in [-0.05, 0) is 31.4 Å². The fraction of sp³-hybridized carbons (Fsp3) is 0.579. The van der Waals surface area contributed by atoms with Gasteiger partial charge in [0.2, 0.25) is 0 Å². The number of carbonyl (C=O) groups is 1. The van der Waals surface area contributed by atoms with Crippen LogP contribution >= 0.6 is 0 Å². The number of rotatable bonds is 6. The van der Waals surface area contributed by atoms with E-state index in [4.69, 9.17) is 19.4 Å². The van der Waals surface area contributed by atoms with Crippen LogP contribution in [0.5, 0.6) is 0 Å². The largest absolute Gasteiger partial charge is 0.490 e. The molecule has 1 aromatic heterocycles. The van der Waals surface area contributed by atoms with E-state index in [-0.39, 0.29) is 6.10 Å². The summed E-state index contributed by atoms with van der Waals surface area (Å²) in [6.07, 6.45) is 2.58. The second-order valence-electron chi connectivity index (χ2n) is 6.65. The molecule has 156 valence electrons. The molecule has 0 aliphatic carbocycles. The van der Waals surface area contributed by atoms with Crippen LogP contribution in [0.1, 0.15) is 25.0 Å². The molecule has 1 aromatic rings. The van der Waals surface area contributed by atoms with Gasteiger partial charge in [-0.1, -0.05) is 12.1 Å². The third kappa shape index (κ3) is 6.88. The average Bonchev–Trinajstić information content (AvgIpc) is 3.05. The SMILES string of the molecule is C=CCOC[C@H]1CC[C@@H]2[C@@H](CCN2Cc2ccccn2)O1.O=C(O)C(F)(F)F. The normalized spacial score (nSPS) is 24.8. The first kappa shape index (κ1) is 22.3. The van der Waals surface area contributed by atoms with Gasteiger partial charge in [0.1, 0.15) is 0 Å². The number of carboxylic acid groups (broad SMARTS) is 1. The van der Waals surface area contributed by atoms with E-state index in [1.54, 1.807) is 6.08 Å². The van der Waals surface area contributed by atoms with Gasteiger partial charge >= 0.3 is 12.1 Å². The Bertz CT molecular complexity index is 627. The van der Waals surface area contributed by atoms with E-state index in [1.165, 1.54) is 6.42 Å². The standard InChI is InChI=1S/C17H24N2O2.C2HF3O2/c1-2-11-20-13-15-6-7-16-17(21-15)8-10-19(16)12-14-5-3-4-9-18-14;3-2(4,5)1(6)7/h2-5,9,15-17H,1,6-8,10-13H2;(H,6,7)/t15-,16-,17-;/m1./s1. The van der Waals surface area contributed by atoms with Crippen molar-refractivity contribution >= 4 is 5.97 Å². The Balaban J connectivity index is 0.000000345. The predicted molar refractivity (Wildman–Crippen MR) is 95.7 cm³/mol. The van der Waals surface area contributed by atoms with Crippen LogP contribution in [0.2, 0.25) is 0 Å². The average molecular weight is 402 g/mol. The summed E-state index contributed by atoms with van der Waals surface area (Å²) >= 11 is 0. The van der Waals surface area contributed by atoms with Crippen LogP contribution in [0.4, 0.5) is 13.2 Å². The highest BCUT2D eigenvalue weighted by atomic mass is 19.4. The second kappa shape index (κ2) is 10.5. The number of hydrogen-bond acceptors (Lipinski definition) is 5. The number of aromatic nitrogens is 1. The van der Waals surface area contributed by atoms with Crippen molar-refractivity contribution in [1.29, 1.82) is 0 Å². The molecule has 9 heteroatoms. The van der Waals surface area contributed by atoms with E-state index in [0.717, 1.165) is 31.6 Å². The molecular formula is C19H25F3N2O4. The van der Waals surface area contributed by atoms with Crippen molar-refractivity contribution in [2.45, 2.75) is 50.2 Å². The molecule has 3 atom stereocenters. The van der Waals surface area contributed by atoms with Gasteiger partial charge in [0, 0.05) is 25.3 Å². The molecular weight excluding hydrogens is 377 g/mol. The zero-order valence-corrected chi connectivity index (χ0v) is 15.5. The minimum absolute atomic E-state index is 0.251. The van der Waals surface area contributed by atoms with Crippen molar-refractivity contribution in [2.75, 3.05) is 19.8 Å². The summed E-state index contributed by atoms with van der Waals surface area (Å²) in [6, 6.07) is 6.67. The number of carboxylic acids is 1. The molecule has 0 saturated carbocycles. The number of alkyl halides is 3. The lowest BCUT2D eigenvalue weighted by Gasteiger charge is -2.35. The van der Waals surface area contributed by atoms with Crippen molar-refractivity contribution in [3.63, 3.8) is 0 Å². The first-order chi connectivity index (χ1) is 13.3. The van der Waals surface area contributed by atoms with E-state index >= 15 is 0 Å². The van der Waals surface area contributed by atoms with Gasteiger partial charge in [0.25, 0.3) is 0 Å². The Morgan fingerprint density at radius 1 is 1.39 bits per heavy atom. The van der Waals surface area contributed by atoms with E-state index < -0.39 is 12.1 Å². The summed E-state index contributed by atoms with van der Waals surface area (Å²) in [4.78, 5) is 15.9. The minimum atomic E-state index is -5.08. The number of hydrogen-bond donors (Lipinski definition) is 1. The molecule has 0 bridgehead atoms. The van der Waals surface area contributed by atoms with E-state index in [1.807, 2.05) is 12.3 Å². The lowest BCUT2D eigenvalue weighted by molar-refractivity contribution is -0.192. The molecule has 3 rings (SSSR count). The molecule has 0 unspecified atom stereocenters. The van der Waals surface area contributed by atoms with Gasteiger partial charge in [0.05, 0.1) is 31.1 Å². The van der Waals surface area contributed by atoms with Crippen LogP contribution in [-0.4, -0.2) is 65.1 Å². The topological polar surface area (TPSA) is 71.9 Å². The molecule has 0 radical (unpaired) electrons. The first-order valence-corrected chi connectivity index (χ1v) is 9.09. The molecule has 2 saturated heterocycles. The first-order valence-electron chi connectivity index (χ1n) is 9.09. The highest BCUT2D eigenvalue weighted by Crippen LogP contribution is 2.32. The van der Waals surface area contributed by atoms with Gasteiger partial charge in [-0.25, -0.2) is 4.79 Å². The molecule has 2 fully saturated rings. The van der Waals surface area contributed by atoms with E-state index in [0.29, 0.717) is 25.4 Å². The molecule has 1 N–H and O–H groups in total. The van der Waals surface area contributed by atoms with Gasteiger partial charge in [-0.2, -0.15) is 13.2 Å². The number of aliphatic carboxylic acids is 1. The quantitative estimate of drug-likeness (QED) is 0.583. The van der Waals surface area contributed by atoms with Gasteiger partial charge in [0.15, 0.2) is 0 Å². The van der Waals surface area contributed by atoms with Crippen LogP contribution in [-0.2, 0) is 20.8 Å². The summed E-state index contributed by atoms with van der Waals surface area (Å²) in [5, 5.41) is 7.12. The monoisotopic (exact) mass is 402 g/mol. The number of ether oxygens (including phenoxy) is 2. The van der Waals surface area contributed by atoms with Crippen LogP contribution < -0.4 is 0 Å². The fourth-order valence-electron chi connectivity index (χ4n) is 3.39. The van der Waals surface area contributed by atoms with Gasteiger partial charge in [-0.3, -0.25) is 9.88 Å². The van der Waals surface area contributed by atoms with Gasteiger partial charge < -0.3 is 14.6 Å². The van der Waals surface area contributed by atoms with Crippen LogP contribution in [0.3, 0.4) is 0 Å². The maximum atomic E-state index is 10.6. The lowest BCUT2D eigenvalue weighted by atomic mass is 9.99. The van der Waals surface area contributed by atoms with Gasteiger partial charge in [-0.15, -0.1) is 6.58 Å². The highest BCUT2D eigenvalue weighted by molar-refractivity contribution is 5.73. The van der Waals surface area contributed by atoms with Crippen LogP contribution in [0.25, 0.3) is 0 Å². The number of nitrogens with zero attached hydrogens (tertiary/aromatic N) is 2.